The van der Waals surface area contributed by atoms with Crippen molar-refractivity contribution in [3.05, 3.63) is 63.5 Å². The minimum Gasteiger partial charge on any atom is -0.479 e. The van der Waals surface area contributed by atoms with Gasteiger partial charge in [0.1, 0.15) is 11.3 Å². The highest BCUT2D eigenvalue weighted by Gasteiger charge is 2.39. The fourth-order valence-electron chi connectivity index (χ4n) is 2.77. The van der Waals surface area contributed by atoms with E-state index in [1.54, 1.807) is 0 Å². The molecule has 3 rings (SSSR count). The lowest BCUT2D eigenvalue weighted by atomic mass is 10.0. The Morgan fingerprint density at radius 2 is 1.86 bits per heavy atom. The van der Waals surface area contributed by atoms with E-state index in [0.717, 1.165) is 6.07 Å². The van der Waals surface area contributed by atoms with Gasteiger partial charge in [0, 0.05) is 16.7 Å². The summed E-state index contributed by atoms with van der Waals surface area (Å²) in [4.78, 5) is 24.4. The lowest BCUT2D eigenvalue weighted by Gasteiger charge is -2.15. The number of methoxy groups -OCH3 is 1. The molecule has 0 spiro atoms. The van der Waals surface area contributed by atoms with Crippen LogP contribution in [-0.2, 0) is 15.7 Å². The van der Waals surface area contributed by atoms with Gasteiger partial charge in [-0.25, -0.2) is 4.79 Å². The first-order valence-corrected chi connectivity index (χ1v) is 8.68. The predicted octanol–water partition coefficient (Wildman–Crippen LogP) is 5.07. The molecule has 0 aliphatic heterocycles. The van der Waals surface area contributed by atoms with Crippen molar-refractivity contribution in [2.24, 2.45) is 0 Å². The largest absolute Gasteiger partial charge is 0.479 e. The number of alkyl halides is 3. The van der Waals surface area contributed by atoms with Gasteiger partial charge in [-0.15, -0.1) is 0 Å². The Balaban J connectivity index is 2.23. The Kier molecular flexibility index (Phi) is 5.57. The molecular formula is C20H14ClF3O5. The van der Waals surface area contributed by atoms with E-state index in [1.165, 1.54) is 50.4 Å². The van der Waals surface area contributed by atoms with Crippen LogP contribution in [0.2, 0.25) is 5.02 Å². The summed E-state index contributed by atoms with van der Waals surface area (Å²) in [5, 5.41) is -0.109. The van der Waals surface area contributed by atoms with Crippen LogP contribution in [0.3, 0.4) is 0 Å². The quantitative estimate of drug-likeness (QED) is 0.545. The lowest BCUT2D eigenvalue weighted by Crippen LogP contribution is -2.24. The summed E-state index contributed by atoms with van der Waals surface area (Å²) in [5.74, 6) is -2.10. The normalized spacial score (nSPS) is 12.6. The third kappa shape index (κ3) is 4.07. The van der Waals surface area contributed by atoms with E-state index in [1.807, 2.05) is 0 Å². The molecule has 0 aliphatic rings. The van der Waals surface area contributed by atoms with Gasteiger partial charge in [0.05, 0.1) is 18.1 Å². The standard InChI is InChI=1S/C20H14ClF3O5/c1-10(19(26)27-2)28-11-7-8-13-15(9-11)29-18(20(22,23)24)16(17(13)25)12-5-3-4-6-14(12)21/h3-10H,1-2H3. The summed E-state index contributed by atoms with van der Waals surface area (Å²) in [6.07, 6.45) is -5.95. The third-order valence-corrected chi connectivity index (χ3v) is 4.44. The summed E-state index contributed by atoms with van der Waals surface area (Å²) in [7, 11) is 1.17. The molecule has 1 atom stereocenters. The first kappa shape index (κ1) is 20.7. The molecule has 1 aromatic heterocycles. The van der Waals surface area contributed by atoms with Gasteiger partial charge in [0.2, 0.25) is 11.2 Å². The van der Waals surface area contributed by atoms with Gasteiger partial charge in [-0.05, 0) is 25.1 Å². The number of carbonyl (C=O) groups excluding carboxylic acids is 1. The van der Waals surface area contributed by atoms with Gasteiger partial charge in [-0.1, -0.05) is 29.8 Å². The number of fused-ring (bicyclic) bond motifs is 1. The van der Waals surface area contributed by atoms with Gasteiger partial charge >= 0.3 is 12.1 Å². The highest BCUT2D eigenvalue weighted by Crippen LogP contribution is 2.39. The number of hydrogen-bond donors (Lipinski definition) is 0. The smallest absolute Gasteiger partial charge is 0.450 e. The van der Waals surface area contributed by atoms with Crippen molar-refractivity contribution in [2.75, 3.05) is 7.11 Å². The van der Waals surface area contributed by atoms with Gasteiger partial charge < -0.3 is 13.9 Å². The van der Waals surface area contributed by atoms with Crippen molar-refractivity contribution < 1.29 is 31.9 Å². The highest BCUT2D eigenvalue weighted by atomic mass is 35.5. The van der Waals surface area contributed by atoms with Crippen molar-refractivity contribution in [2.45, 2.75) is 19.2 Å². The maximum Gasteiger partial charge on any atom is 0.450 e. The number of carbonyl (C=O) groups is 1. The predicted molar refractivity (Wildman–Crippen MR) is 100 cm³/mol. The van der Waals surface area contributed by atoms with E-state index in [0.29, 0.717) is 0 Å². The second-order valence-electron chi connectivity index (χ2n) is 6.05. The van der Waals surface area contributed by atoms with Crippen molar-refractivity contribution in [1.29, 1.82) is 0 Å². The van der Waals surface area contributed by atoms with Crippen LogP contribution in [0.1, 0.15) is 12.7 Å². The Labute approximate surface area is 167 Å². The maximum absolute atomic E-state index is 13.7. The third-order valence-electron chi connectivity index (χ3n) is 4.11. The minimum atomic E-state index is -4.95. The first-order chi connectivity index (χ1) is 13.6. The van der Waals surface area contributed by atoms with Crippen LogP contribution >= 0.6 is 11.6 Å². The van der Waals surface area contributed by atoms with E-state index in [9.17, 15) is 22.8 Å². The van der Waals surface area contributed by atoms with Crippen LogP contribution in [0.5, 0.6) is 5.75 Å². The zero-order valence-electron chi connectivity index (χ0n) is 15.2. The molecule has 0 saturated heterocycles. The number of hydrogen-bond acceptors (Lipinski definition) is 5. The molecule has 5 nitrogen and oxygen atoms in total. The number of ether oxygens (including phenoxy) is 2. The molecule has 9 heteroatoms. The molecule has 0 saturated carbocycles. The zero-order valence-corrected chi connectivity index (χ0v) is 15.9. The molecule has 0 radical (unpaired) electrons. The van der Waals surface area contributed by atoms with Crippen LogP contribution < -0.4 is 10.2 Å². The van der Waals surface area contributed by atoms with E-state index in [-0.39, 0.29) is 27.3 Å². The fraction of sp³-hybridized carbons (Fsp3) is 0.200. The van der Waals surface area contributed by atoms with Crippen LogP contribution in [-0.4, -0.2) is 19.2 Å². The van der Waals surface area contributed by atoms with Gasteiger partial charge in [-0.3, -0.25) is 4.79 Å². The van der Waals surface area contributed by atoms with E-state index < -0.39 is 35.0 Å². The van der Waals surface area contributed by atoms with Gasteiger partial charge in [-0.2, -0.15) is 13.2 Å². The van der Waals surface area contributed by atoms with Crippen LogP contribution in [0.4, 0.5) is 13.2 Å². The molecule has 0 N–H and O–H groups in total. The van der Waals surface area contributed by atoms with Crippen LogP contribution in [0.25, 0.3) is 22.1 Å². The highest BCUT2D eigenvalue weighted by molar-refractivity contribution is 6.33. The SMILES string of the molecule is COC(=O)C(C)Oc1ccc2c(=O)c(-c3ccccc3Cl)c(C(F)(F)F)oc2c1. The Hall–Kier alpha value is -3.00. The van der Waals surface area contributed by atoms with E-state index in [4.69, 9.17) is 20.8 Å². The van der Waals surface area contributed by atoms with Gasteiger partial charge in [0.25, 0.3) is 0 Å². The average molecular weight is 427 g/mol. The van der Waals surface area contributed by atoms with Gasteiger partial charge in [0.15, 0.2) is 6.10 Å². The molecule has 152 valence electrons. The maximum atomic E-state index is 13.7. The molecule has 2 aromatic carbocycles. The molecule has 0 fully saturated rings. The molecule has 1 unspecified atom stereocenters. The Morgan fingerprint density at radius 1 is 1.17 bits per heavy atom. The molecule has 0 bridgehead atoms. The van der Waals surface area contributed by atoms with Crippen molar-refractivity contribution in [3.63, 3.8) is 0 Å². The molecule has 29 heavy (non-hydrogen) atoms. The number of benzene rings is 2. The van der Waals surface area contributed by atoms with Crippen molar-refractivity contribution >= 4 is 28.5 Å². The van der Waals surface area contributed by atoms with E-state index in [2.05, 4.69) is 4.74 Å². The van der Waals surface area contributed by atoms with Crippen molar-refractivity contribution in [1.82, 2.24) is 0 Å². The van der Waals surface area contributed by atoms with E-state index >= 15 is 0 Å². The minimum absolute atomic E-state index is 0.0171. The number of esters is 1. The van der Waals surface area contributed by atoms with Crippen LogP contribution in [0.15, 0.2) is 51.7 Å². The van der Waals surface area contributed by atoms with Crippen LogP contribution in [0, 0.1) is 0 Å². The first-order valence-electron chi connectivity index (χ1n) is 8.31. The Morgan fingerprint density at radius 3 is 2.48 bits per heavy atom. The molecule has 0 aliphatic carbocycles. The molecule has 0 amide bonds. The molecular weight excluding hydrogens is 413 g/mol. The number of rotatable bonds is 4. The monoisotopic (exact) mass is 426 g/mol. The summed E-state index contributed by atoms with van der Waals surface area (Å²) < 4.78 is 55.9. The average Bonchev–Trinajstić information content (AvgIpc) is 2.67. The summed E-state index contributed by atoms with van der Waals surface area (Å²) >= 11 is 6.02. The summed E-state index contributed by atoms with van der Waals surface area (Å²) in [5.41, 5.74) is -1.99. The fourth-order valence-corrected chi connectivity index (χ4v) is 3.00. The second-order valence-corrected chi connectivity index (χ2v) is 6.46. The summed E-state index contributed by atoms with van der Waals surface area (Å²) in [6, 6.07) is 9.42. The zero-order chi connectivity index (χ0) is 21.3. The number of halogens is 4. The topological polar surface area (TPSA) is 65.7 Å². The molecule has 3 aromatic rings. The lowest BCUT2D eigenvalue weighted by molar-refractivity contribution is -0.152. The Bertz CT molecular complexity index is 1140. The second kappa shape index (κ2) is 7.79. The molecule has 1 heterocycles. The summed E-state index contributed by atoms with van der Waals surface area (Å²) in [6.45, 7) is 1.41. The van der Waals surface area contributed by atoms with Crippen molar-refractivity contribution in [3.8, 4) is 16.9 Å².